The fourth-order valence-corrected chi connectivity index (χ4v) is 1.04. The van der Waals surface area contributed by atoms with Gasteiger partial charge in [-0.1, -0.05) is 0 Å². The number of rotatable bonds is 7. The first-order chi connectivity index (χ1) is 6.61. The van der Waals surface area contributed by atoms with Crippen LogP contribution in [0.2, 0.25) is 0 Å². The molecule has 5 heteroatoms. The van der Waals surface area contributed by atoms with Crippen LogP contribution >= 0.6 is 0 Å². The van der Waals surface area contributed by atoms with Gasteiger partial charge in [0, 0.05) is 27.8 Å². The van der Waals surface area contributed by atoms with Gasteiger partial charge in [-0.25, -0.2) is 0 Å². The summed E-state index contributed by atoms with van der Waals surface area (Å²) in [5.74, 6) is -0.0398. The molecule has 0 aromatic carbocycles. The van der Waals surface area contributed by atoms with Crippen LogP contribution in [-0.4, -0.2) is 63.0 Å². The Balaban J connectivity index is 3.70. The zero-order chi connectivity index (χ0) is 11.0. The van der Waals surface area contributed by atoms with Crippen molar-refractivity contribution in [3.05, 3.63) is 0 Å². The number of aliphatic hydroxyl groups is 1. The number of amides is 1. The minimum absolute atomic E-state index is 0.0398. The molecule has 0 radical (unpaired) electrons. The lowest BCUT2D eigenvalue weighted by atomic mass is 10.3. The Kier molecular flexibility index (Phi) is 7.37. The highest BCUT2D eigenvalue weighted by Gasteiger charge is 2.12. The standard InChI is InChI=1S/C9H19NO4/c1-10(6-8(11)7-14-3)9(12)4-5-13-2/h8,11H,4-7H2,1-3H3. The Labute approximate surface area is 84.6 Å². The third kappa shape index (κ3) is 5.90. The third-order valence-corrected chi connectivity index (χ3v) is 1.79. The predicted octanol–water partition coefficient (Wildman–Crippen LogP) is -0.511. The maximum atomic E-state index is 11.3. The van der Waals surface area contributed by atoms with Crippen LogP contribution in [0, 0.1) is 0 Å². The summed E-state index contributed by atoms with van der Waals surface area (Å²) in [7, 11) is 4.71. The van der Waals surface area contributed by atoms with Gasteiger partial charge in [0.1, 0.15) is 0 Å². The highest BCUT2D eigenvalue weighted by atomic mass is 16.5. The maximum absolute atomic E-state index is 11.3. The van der Waals surface area contributed by atoms with Gasteiger partial charge in [-0.3, -0.25) is 4.79 Å². The molecule has 0 rings (SSSR count). The molecule has 0 aliphatic rings. The second kappa shape index (κ2) is 7.73. The largest absolute Gasteiger partial charge is 0.389 e. The summed E-state index contributed by atoms with van der Waals surface area (Å²) in [6.07, 6.45) is -0.288. The first-order valence-corrected chi connectivity index (χ1v) is 4.51. The molecule has 1 unspecified atom stereocenters. The summed E-state index contributed by atoms with van der Waals surface area (Å²) < 4.78 is 9.53. The Morgan fingerprint density at radius 2 is 2.07 bits per heavy atom. The van der Waals surface area contributed by atoms with Crippen molar-refractivity contribution in [2.24, 2.45) is 0 Å². The normalized spacial score (nSPS) is 12.6. The summed E-state index contributed by atoms with van der Waals surface area (Å²) in [6, 6.07) is 0. The third-order valence-electron chi connectivity index (χ3n) is 1.79. The lowest BCUT2D eigenvalue weighted by Crippen LogP contribution is -2.36. The van der Waals surface area contributed by atoms with Gasteiger partial charge in [-0.15, -0.1) is 0 Å². The second-order valence-electron chi connectivity index (χ2n) is 3.13. The van der Waals surface area contributed by atoms with Gasteiger partial charge in [0.25, 0.3) is 0 Å². The zero-order valence-corrected chi connectivity index (χ0v) is 9.02. The quantitative estimate of drug-likeness (QED) is 0.608. The zero-order valence-electron chi connectivity index (χ0n) is 9.02. The van der Waals surface area contributed by atoms with E-state index >= 15 is 0 Å². The monoisotopic (exact) mass is 205 g/mol. The molecule has 0 saturated carbocycles. The summed E-state index contributed by atoms with van der Waals surface area (Å²) in [4.78, 5) is 12.8. The van der Waals surface area contributed by atoms with E-state index in [1.807, 2.05) is 0 Å². The van der Waals surface area contributed by atoms with Crippen molar-refractivity contribution in [1.82, 2.24) is 4.90 Å². The predicted molar refractivity (Wildman–Crippen MR) is 52.0 cm³/mol. The maximum Gasteiger partial charge on any atom is 0.224 e. The Bertz CT molecular complexity index is 163. The van der Waals surface area contributed by atoms with E-state index in [9.17, 15) is 9.90 Å². The molecule has 0 fully saturated rings. The molecule has 0 saturated heterocycles. The minimum Gasteiger partial charge on any atom is -0.389 e. The van der Waals surface area contributed by atoms with Gasteiger partial charge in [0.2, 0.25) is 5.91 Å². The molecule has 0 aromatic rings. The topological polar surface area (TPSA) is 59.0 Å². The summed E-state index contributed by atoms with van der Waals surface area (Å²) >= 11 is 0. The lowest BCUT2D eigenvalue weighted by Gasteiger charge is -2.20. The first-order valence-electron chi connectivity index (χ1n) is 4.51. The Morgan fingerprint density at radius 1 is 1.43 bits per heavy atom. The van der Waals surface area contributed by atoms with Gasteiger partial charge in [0.05, 0.1) is 25.7 Å². The van der Waals surface area contributed by atoms with E-state index in [4.69, 9.17) is 9.47 Å². The van der Waals surface area contributed by atoms with Gasteiger partial charge in [-0.05, 0) is 0 Å². The van der Waals surface area contributed by atoms with Crippen LogP contribution in [0.1, 0.15) is 6.42 Å². The van der Waals surface area contributed by atoms with Crippen molar-refractivity contribution in [2.75, 3.05) is 41.0 Å². The van der Waals surface area contributed by atoms with Gasteiger partial charge >= 0.3 is 0 Å². The smallest absolute Gasteiger partial charge is 0.224 e. The summed E-state index contributed by atoms with van der Waals surface area (Å²) in [5.41, 5.74) is 0. The van der Waals surface area contributed by atoms with Crippen LogP contribution in [0.25, 0.3) is 0 Å². The molecule has 5 nitrogen and oxygen atoms in total. The SMILES string of the molecule is COCCC(=O)N(C)CC(O)COC. The van der Waals surface area contributed by atoms with Crippen LogP contribution < -0.4 is 0 Å². The van der Waals surface area contributed by atoms with Crippen LogP contribution in [0.3, 0.4) is 0 Å². The number of aliphatic hydroxyl groups excluding tert-OH is 1. The second-order valence-corrected chi connectivity index (χ2v) is 3.13. The molecule has 0 heterocycles. The molecule has 0 spiro atoms. The minimum atomic E-state index is -0.628. The van der Waals surface area contributed by atoms with E-state index < -0.39 is 6.10 Å². The van der Waals surface area contributed by atoms with Crippen molar-refractivity contribution in [1.29, 1.82) is 0 Å². The highest BCUT2D eigenvalue weighted by molar-refractivity contribution is 5.75. The van der Waals surface area contributed by atoms with Gasteiger partial charge in [-0.2, -0.15) is 0 Å². The lowest BCUT2D eigenvalue weighted by molar-refractivity contribution is -0.132. The van der Waals surface area contributed by atoms with Crippen molar-refractivity contribution in [3.63, 3.8) is 0 Å². The molecule has 0 aliphatic heterocycles. The Hall–Kier alpha value is -0.650. The first kappa shape index (κ1) is 13.4. The number of carbonyl (C=O) groups is 1. The van der Waals surface area contributed by atoms with Crippen molar-refractivity contribution in [2.45, 2.75) is 12.5 Å². The van der Waals surface area contributed by atoms with E-state index in [1.165, 1.54) is 12.0 Å². The molecular formula is C9H19NO4. The van der Waals surface area contributed by atoms with Crippen molar-refractivity contribution >= 4 is 5.91 Å². The molecule has 0 aromatic heterocycles. The van der Waals surface area contributed by atoms with Gasteiger partial charge in [0.15, 0.2) is 0 Å². The molecule has 1 atom stereocenters. The molecule has 14 heavy (non-hydrogen) atoms. The highest BCUT2D eigenvalue weighted by Crippen LogP contribution is 1.94. The summed E-state index contributed by atoms with van der Waals surface area (Å²) in [5, 5.41) is 9.34. The number of ether oxygens (including phenoxy) is 2. The van der Waals surface area contributed by atoms with Crippen molar-refractivity contribution < 1.29 is 19.4 Å². The Morgan fingerprint density at radius 3 is 2.57 bits per heavy atom. The molecule has 84 valence electrons. The van der Waals surface area contributed by atoms with Crippen LogP contribution in [-0.2, 0) is 14.3 Å². The van der Waals surface area contributed by atoms with E-state index in [0.717, 1.165) is 0 Å². The number of carbonyl (C=O) groups excluding carboxylic acids is 1. The van der Waals surface area contributed by atoms with Crippen LogP contribution in [0.5, 0.6) is 0 Å². The average Bonchev–Trinajstić information content (AvgIpc) is 2.14. The van der Waals surface area contributed by atoms with Crippen LogP contribution in [0.4, 0.5) is 0 Å². The van der Waals surface area contributed by atoms with E-state index in [2.05, 4.69) is 0 Å². The van der Waals surface area contributed by atoms with Gasteiger partial charge < -0.3 is 19.5 Å². The molecular weight excluding hydrogens is 186 g/mol. The average molecular weight is 205 g/mol. The van der Waals surface area contributed by atoms with E-state index in [1.54, 1.807) is 14.2 Å². The number of nitrogens with zero attached hydrogens (tertiary/aromatic N) is 1. The molecule has 1 N–H and O–H groups in total. The van der Waals surface area contributed by atoms with Crippen molar-refractivity contribution in [3.8, 4) is 0 Å². The molecule has 0 aliphatic carbocycles. The summed E-state index contributed by atoms with van der Waals surface area (Å²) in [6.45, 7) is 0.932. The number of methoxy groups -OCH3 is 2. The molecule has 0 bridgehead atoms. The molecule has 1 amide bonds. The number of hydrogen-bond donors (Lipinski definition) is 1. The number of likely N-dealkylation sites (N-methyl/N-ethyl adjacent to an activating group) is 1. The van der Waals surface area contributed by atoms with E-state index in [-0.39, 0.29) is 19.1 Å². The fourth-order valence-electron chi connectivity index (χ4n) is 1.04. The van der Waals surface area contributed by atoms with Crippen LogP contribution in [0.15, 0.2) is 0 Å². The number of hydrogen-bond acceptors (Lipinski definition) is 4. The fraction of sp³-hybridized carbons (Fsp3) is 0.889. The van der Waals surface area contributed by atoms with E-state index in [0.29, 0.717) is 13.0 Å².